The molecule has 0 aliphatic heterocycles. The number of unbranched alkanes of at least 4 members (excludes halogenated alkanes) is 6. The van der Waals surface area contributed by atoms with E-state index in [1.54, 1.807) is 0 Å². The van der Waals surface area contributed by atoms with E-state index in [-0.39, 0.29) is 0 Å². The van der Waals surface area contributed by atoms with Gasteiger partial charge in [0.1, 0.15) is 0 Å². The summed E-state index contributed by atoms with van der Waals surface area (Å²) in [5.41, 5.74) is 0. The van der Waals surface area contributed by atoms with E-state index in [1.807, 2.05) is 0 Å². The van der Waals surface area contributed by atoms with Crippen LogP contribution in [0.15, 0.2) is 0 Å². The summed E-state index contributed by atoms with van der Waals surface area (Å²) in [6.45, 7) is 14.9. The van der Waals surface area contributed by atoms with Crippen molar-refractivity contribution in [3.05, 3.63) is 0 Å². The van der Waals surface area contributed by atoms with Crippen molar-refractivity contribution in [3.63, 3.8) is 0 Å². The van der Waals surface area contributed by atoms with Gasteiger partial charge in [-0.2, -0.15) is 0 Å². The van der Waals surface area contributed by atoms with Crippen molar-refractivity contribution in [1.82, 2.24) is 10.2 Å². The summed E-state index contributed by atoms with van der Waals surface area (Å²) < 4.78 is 0. The van der Waals surface area contributed by atoms with Gasteiger partial charge in [0.15, 0.2) is 0 Å². The fraction of sp³-hybridized carbons (Fsp3) is 1.00. The Morgan fingerprint density at radius 1 is 0.737 bits per heavy atom. The Kier molecular flexibility index (Phi) is 12.9. The van der Waals surface area contributed by atoms with Gasteiger partial charge in [-0.05, 0) is 40.7 Å². The van der Waals surface area contributed by atoms with Gasteiger partial charge < -0.3 is 5.32 Å². The first-order chi connectivity index (χ1) is 9.09. The molecule has 2 nitrogen and oxygen atoms in total. The Labute approximate surface area is 122 Å². The predicted molar refractivity (Wildman–Crippen MR) is 87.8 cm³/mol. The topological polar surface area (TPSA) is 15.3 Å². The maximum atomic E-state index is 3.59. The lowest BCUT2D eigenvalue weighted by Gasteiger charge is -2.30. The van der Waals surface area contributed by atoms with Crippen LogP contribution in [0.5, 0.6) is 0 Å². The highest BCUT2D eigenvalue weighted by Crippen LogP contribution is 2.06. The second-order valence-corrected chi connectivity index (χ2v) is 6.30. The van der Waals surface area contributed by atoms with Gasteiger partial charge in [0, 0.05) is 25.2 Å². The molecule has 1 N–H and O–H groups in total. The normalized spacial score (nSPS) is 12.0. The summed E-state index contributed by atoms with van der Waals surface area (Å²) in [6, 6.07) is 1.31. The first kappa shape index (κ1) is 18.9. The molecule has 116 valence electrons. The summed E-state index contributed by atoms with van der Waals surface area (Å²) in [4.78, 5) is 2.55. The third-order valence-corrected chi connectivity index (χ3v) is 3.83. The van der Waals surface area contributed by atoms with Crippen LogP contribution in [0.1, 0.15) is 79.6 Å². The van der Waals surface area contributed by atoms with E-state index in [4.69, 9.17) is 0 Å². The fourth-order valence-corrected chi connectivity index (χ4v) is 2.65. The fourth-order valence-electron chi connectivity index (χ4n) is 2.65. The maximum Gasteiger partial charge on any atom is 0.0112 e. The standard InChI is InChI=1S/C17H38N2/c1-6-7-8-9-10-11-12-13-18-14-15-19(16(2)3)17(4)5/h16-18H,6-15H2,1-5H3. The van der Waals surface area contributed by atoms with Gasteiger partial charge in [0.05, 0.1) is 0 Å². The molecule has 0 atom stereocenters. The molecule has 0 unspecified atom stereocenters. The van der Waals surface area contributed by atoms with Crippen LogP contribution in [0.2, 0.25) is 0 Å². The van der Waals surface area contributed by atoms with Crippen LogP contribution in [0.3, 0.4) is 0 Å². The molecule has 19 heavy (non-hydrogen) atoms. The van der Waals surface area contributed by atoms with E-state index in [2.05, 4.69) is 44.8 Å². The number of hydrogen-bond acceptors (Lipinski definition) is 2. The number of nitrogens with zero attached hydrogens (tertiary/aromatic N) is 1. The molecule has 0 amide bonds. The summed E-state index contributed by atoms with van der Waals surface area (Å²) in [5, 5.41) is 3.59. The van der Waals surface area contributed by atoms with Crippen LogP contribution in [-0.2, 0) is 0 Å². The van der Waals surface area contributed by atoms with Crippen molar-refractivity contribution < 1.29 is 0 Å². The van der Waals surface area contributed by atoms with Crippen LogP contribution in [-0.4, -0.2) is 36.6 Å². The highest BCUT2D eigenvalue weighted by molar-refractivity contribution is 4.68. The molecule has 0 aliphatic rings. The van der Waals surface area contributed by atoms with E-state index in [0.29, 0.717) is 12.1 Å². The Morgan fingerprint density at radius 2 is 1.26 bits per heavy atom. The quantitative estimate of drug-likeness (QED) is 0.498. The molecule has 0 heterocycles. The first-order valence-electron chi connectivity index (χ1n) is 8.56. The zero-order chi connectivity index (χ0) is 14.5. The summed E-state index contributed by atoms with van der Waals surface area (Å²) in [5.74, 6) is 0. The van der Waals surface area contributed by atoms with Crippen molar-refractivity contribution in [2.75, 3.05) is 19.6 Å². The van der Waals surface area contributed by atoms with E-state index in [9.17, 15) is 0 Å². The van der Waals surface area contributed by atoms with Gasteiger partial charge in [0.25, 0.3) is 0 Å². The maximum absolute atomic E-state index is 3.59. The average molecular weight is 271 g/mol. The van der Waals surface area contributed by atoms with Crippen molar-refractivity contribution in [2.24, 2.45) is 0 Å². The SMILES string of the molecule is CCCCCCCCCNCCN(C(C)C)C(C)C. The smallest absolute Gasteiger partial charge is 0.0112 e. The molecule has 0 fully saturated rings. The van der Waals surface area contributed by atoms with Gasteiger partial charge in [0.2, 0.25) is 0 Å². The van der Waals surface area contributed by atoms with Crippen molar-refractivity contribution in [3.8, 4) is 0 Å². The van der Waals surface area contributed by atoms with Crippen LogP contribution < -0.4 is 5.32 Å². The monoisotopic (exact) mass is 270 g/mol. The number of hydrogen-bond donors (Lipinski definition) is 1. The molecule has 0 aromatic carbocycles. The number of rotatable bonds is 13. The first-order valence-corrected chi connectivity index (χ1v) is 8.56. The zero-order valence-corrected chi connectivity index (χ0v) is 14.2. The Bertz CT molecular complexity index is 170. The molecule has 0 rings (SSSR count). The van der Waals surface area contributed by atoms with Gasteiger partial charge in [-0.15, -0.1) is 0 Å². The minimum absolute atomic E-state index is 0.653. The third-order valence-electron chi connectivity index (χ3n) is 3.83. The molecule has 0 saturated carbocycles. The molecule has 0 bridgehead atoms. The highest BCUT2D eigenvalue weighted by Gasteiger charge is 2.11. The van der Waals surface area contributed by atoms with E-state index in [0.717, 1.165) is 6.54 Å². The second kappa shape index (κ2) is 12.9. The molecule has 2 heteroatoms. The minimum Gasteiger partial charge on any atom is -0.315 e. The Morgan fingerprint density at radius 3 is 1.79 bits per heavy atom. The Balaban J connectivity index is 3.30. The lowest BCUT2D eigenvalue weighted by molar-refractivity contribution is 0.176. The predicted octanol–water partition coefficient (Wildman–Crippen LogP) is 4.45. The molecule has 0 radical (unpaired) electrons. The molecule has 0 aromatic heterocycles. The highest BCUT2D eigenvalue weighted by atomic mass is 15.2. The van der Waals surface area contributed by atoms with Crippen LogP contribution in [0.4, 0.5) is 0 Å². The van der Waals surface area contributed by atoms with Crippen LogP contribution in [0, 0.1) is 0 Å². The minimum atomic E-state index is 0.653. The van der Waals surface area contributed by atoms with E-state index in [1.165, 1.54) is 58.0 Å². The van der Waals surface area contributed by atoms with Crippen molar-refractivity contribution >= 4 is 0 Å². The lowest BCUT2D eigenvalue weighted by Crippen LogP contribution is -2.41. The largest absolute Gasteiger partial charge is 0.315 e. The molecule has 0 aromatic rings. The lowest BCUT2D eigenvalue weighted by atomic mass is 10.1. The Hall–Kier alpha value is -0.0800. The zero-order valence-electron chi connectivity index (χ0n) is 14.2. The van der Waals surface area contributed by atoms with Crippen molar-refractivity contribution in [1.29, 1.82) is 0 Å². The third kappa shape index (κ3) is 11.4. The summed E-state index contributed by atoms with van der Waals surface area (Å²) >= 11 is 0. The van der Waals surface area contributed by atoms with E-state index < -0.39 is 0 Å². The summed E-state index contributed by atoms with van der Waals surface area (Å²) in [7, 11) is 0. The van der Waals surface area contributed by atoms with Gasteiger partial charge in [-0.3, -0.25) is 4.90 Å². The van der Waals surface area contributed by atoms with Gasteiger partial charge in [-0.1, -0.05) is 45.4 Å². The van der Waals surface area contributed by atoms with Gasteiger partial charge >= 0.3 is 0 Å². The van der Waals surface area contributed by atoms with Crippen LogP contribution >= 0.6 is 0 Å². The van der Waals surface area contributed by atoms with E-state index >= 15 is 0 Å². The van der Waals surface area contributed by atoms with Gasteiger partial charge in [-0.25, -0.2) is 0 Å². The summed E-state index contributed by atoms with van der Waals surface area (Å²) in [6.07, 6.45) is 9.79. The molecule has 0 aliphatic carbocycles. The second-order valence-electron chi connectivity index (χ2n) is 6.30. The molecule has 0 spiro atoms. The average Bonchev–Trinajstić information content (AvgIpc) is 2.35. The molecule has 0 saturated heterocycles. The van der Waals surface area contributed by atoms with Crippen molar-refractivity contribution in [2.45, 2.75) is 91.6 Å². The van der Waals surface area contributed by atoms with Crippen LogP contribution in [0.25, 0.3) is 0 Å². The number of nitrogens with one attached hydrogen (secondary N) is 1. The molecular formula is C17H38N2. The molecular weight excluding hydrogens is 232 g/mol.